The number of hydrogen-bond acceptors (Lipinski definition) is 5. The van der Waals surface area contributed by atoms with Crippen LogP contribution >= 0.6 is 0 Å². The summed E-state index contributed by atoms with van der Waals surface area (Å²) in [4.78, 5) is 31.4. The van der Waals surface area contributed by atoms with Crippen LogP contribution in [0.5, 0.6) is 0 Å². The van der Waals surface area contributed by atoms with Gasteiger partial charge in [-0.05, 0) is 24.1 Å². The van der Waals surface area contributed by atoms with Crippen LogP contribution in [0, 0.1) is 5.92 Å². The van der Waals surface area contributed by atoms with Crippen LogP contribution in [0.4, 0.5) is 4.79 Å². The molecule has 2 saturated heterocycles. The zero-order valence-corrected chi connectivity index (χ0v) is 14.4. The number of aromatic nitrogens is 1. The van der Waals surface area contributed by atoms with Crippen LogP contribution in [-0.2, 0) is 16.0 Å². The number of benzene rings is 1. The highest BCUT2D eigenvalue weighted by Crippen LogP contribution is 2.25. The van der Waals surface area contributed by atoms with Crippen LogP contribution in [0.15, 0.2) is 36.5 Å². The number of aliphatic hydroxyl groups is 1. The lowest BCUT2D eigenvalue weighted by atomic mass is 9.94. The number of amides is 2. The fourth-order valence-electron chi connectivity index (χ4n) is 3.71. The lowest BCUT2D eigenvalue weighted by Crippen LogP contribution is -2.40. The summed E-state index contributed by atoms with van der Waals surface area (Å²) >= 11 is 0. The Kier molecular flexibility index (Phi) is 4.46. The standard InChI is InChI=1S/C19H21N3O4/c23-17-11-22(18(24)12-21-7-8-26-19(21)25)10-14(17)9-13-5-6-20-16-4-2-1-3-15(13)16/h1-6,14,17,23H,7-12H2/t14-,17-/m1/s1. The molecule has 0 unspecified atom stereocenters. The molecule has 0 radical (unpaired) electrons. The molecule has 2 fully saturated rings. The average Bonchev–Trinajstić information content (AvgIpc) is 3.21. The van der Waals surface area contributed by atoms with Crippen LogP contribution in [-0.4, -0.2) is 70.8 Å². The van der Waals surface area contributed by atoms with Crippen LogP contribution in [0.1, 0.15) is 5.56 Å². The van der Waals surface area contributed by atoms with Crippen molar-refractivity contribution >= 4 is 22.9 Å². The van der Waals surface area contributed by atoms with Gasteiger partial charge in [0.1, 0.15) is 13.2 Å². The molecule has 2 aromatic rings. The Hall–Kier alpha value is -2.67. The number of rotatable bonds is 4. The summed E-state index contributed by atoms with van der Waals surface area (Å²) in [6.45, 7) is 1.56. The molecule has 4 rings (SSSR count). The van der Waals surface area contributed by atoms with E-state index in [4.69, 9.17) is 4.74 Å². The van der Waals surface area contributed by atoms with Crippen molar-refractivity contribution in [2.75, 3.05) is 32.8 Å². The van der Waals surface area contributed by atoms with Gasteiger partial charge < -0.3 is 14.7 Å². The van der Waals surface area contributed by atoms with E-state index in [-0.39, 0.29) is 18.4 Å². The van der Waals surface area contributed by atoms with Gasteiger partial charge in [0.2, 0.25) is 5.91 Å². The van der Waals surface area contributed by atoms with Gasteiger partial charge >= 0.3 is 6.09 Å². The van der Waals surface area contributed by atoms with Gasteiger partial charge in [-0.3, -0.25) is 14.7 Å². The minimum Gasteiger partial charge on any atom is -0.448 e. The van der Waals surface area contributed by atoms with Crippen LogP contribution in [0.2, 0.25) is 0 Å². The highest BCUT2D eigenvalue weighted by Gasteiger charge is 2.35. The summed E-state index contributed by atoms with van der Waals surface area (Å²) in [6.07, 6.45) is 1.44. The van der Waals surface area contributed by atoms with Crippen molar-refractivity contribution in [2.24, 2.45) is 5.92 Å². The third-order valence-electron chi connectivity index (χ3n) is 5.15. The quantitative estimate of drug-likeness (QED) is 0.886. The van der Waals surface area contributed by atoms with Crippen molar-refractivity contribution in [3.63, 3.8) is 0 Å². The number of ether oxygens (including phenoxy) is 1. The molecule has 7 nitrogen and oxygen atoms in total. The zero-order chi connectivity index (χ0) is 18.1. The highest BCUT2D eigenvalue weighted by molar-refractivity contribution is 5.83. The number of cyclic esters (lactones) is 1. The van der Waals surface area contributed by atoms with E-state index in [0.29, 0.717) is 32.7 Å². The molecule has 1 N–H and O–H groups in total. The molecular weight excluding hydrogens is 334 g/mol. The smallest absolute Gasteiger partial charge is 0.410 e. The summed E-state index contributed by atoms with van der Waals surface area (Å²) in [7, 11) is 0. The van der Waals surface area contributed by atoms with E-state index >= 15 is 0 Å². The van der Waals surface area contributed by atoms with Gasteiger partial charge in [0, 0.05) is 30.6 Å². The number of likely N-dealkylation sites (tertiary alicyclic amines) is 1. The van der Waals surface area contributed by atoms with Gasteiger partial charge in [-0.2, -0.15) is 0 Å². The van der Waals surface area contributed by atoms with Gasteiger partial charge in [0.15, 0.2) is 0 Å². The predicted molar refractivity (Wildman–Crippen MR) is 94.4 cm³/mol. The number of pyridine rings is 1. The van der Waals surface area contributed by atoms with Gasteiger partial charge in [-0.1, -0.05) is 18.2 Å². The second-order valence-corrected chi connectivity index (χ2v) is 6.85. The van der Waals surface area contributed by atoms with E-state index in [1.54, 1.807) is 11.1 Å². The van der Waals surface area contributed by atoms with Crippen molar-refractivity contribution in [3.05, 3.63) is 42.1 Å². The monoisotopic (exact) mass is 355 g/mol. The Morgan fingerprint density at radius 1 is 1.27 bits per heavy atom. The third-order valence-corrected chi connectivity index (χ3v) is 5.15. The van der Waals surface area contributed by atoms with Crippen molar-refractivity contribution in [2.45, 2.75) is 12.5 Å². The zero-order valence-electron chi connectivity index (χ0n) is 14.4. The summed E-state index contributed by atoms with van der Waals surface area (Å²) in [5.74, 6) is -0.180. The Balaban J connectivity index is 1.43. The highest BCUT2D eigenvalue weighted by atomic mass is 16.6. The van der Waals surface area contributed by atoms with E-state index in [9.17, 15) is 14.7 Å². The number of para-hydroxylation sites is 1. The lowest BCUT2D eigenvalue weighted by molar-refractivity contribution is -0.131. The summed E-state index contributed by atoms with van der Waals surface area (Å²) in [5.41, 5.74) is 2.05. The molecule has 2 aliphatic heterocycles. The molecule has 7 heteroatoms. The number of β-amino-alcohol motifs (C(OH)–C–C–N with tert-alkyl or cyclic N) is 1. The van der Waals surface area contributed by atoms with Crippen LogP contribution in [0.25, 0.3) is 10.9 Å². The van der Waals surface area contributed by atoms with E-state index in [1.165, 1.54) is 4.90 Å². The molecule has 0 bridgehead atoms. The maximum atomic E-state index is 12.5. The van der Waals surface area contributed by atoms with E-state index in [1.807, 2.05) is 30.3 Å². The number of carbonyl (C=O) groups excluding carboxylic acids is 2. The number of fused-ring (bicyclic) bond motifs is 1. The van der Waals surface area contributed by atoms with Gasteiger partial charge in [-0.25, -0.2) is 4.79 Å². The fraction of sp³-hybridized carbons (Fsp3) is 0.421. The van der Waals surface area contributed by atoms with Crippen LogP contribution < -0.4 is 0 Å². The first-order valence-corrected chi connectivity index (χ1v) is 8.82. The van der Waals surface area contributed by atoms with Crippen molar-refractivity contribution in [3.8, 4) is 0 Å². The van der Waals surface area contributed by atoms with Crippen molar-refractivity contribution in [1.82, 2.24) is 14.8 Å². The molecule has 0 aliphatic carbocycles. The van der Waals surface area contributed by atoms with E-state index in [0.717, 1.165) is 16.5 Å². The molecular formula is C19H21N3O4. The first-order chi connectivity index (χ1) is 12.6. The molecule has 136 valence electrons. The minimum absolute atomic E-state index is 0.0104. The number of aliphatic hydroxyl groups excluding tert-OH is 1. The molecule has 1 aromatic carbocycles. The number of carbonyl (C=O) groups is 2. The Morgan fingerprint density at radius 3 is 2.92 bits per heavy atom. The Bertz CT molecular complexity index is 835. The third kappa shape index (κ3) is 3.22. The molecule has 2 aliphatic rings. The predicted octanol–water partition coefficient (Wildman–Crippen LogP) is 1.05. The molecule has 0 spiro atoms. The summed E-state index contributed by atoms with van der Waals surface area (Å²) in [6, 6.07) is 9.90. The maximum Gasteiger partial charge on any atom is 0.410 e. The Morgan fingerprint density at radius 2 is 2.12 bits per heavy atom. The van der Waals surface area contributed by atoms with Crippen LogP contribution in [0.3, 0.4) is 0 Å². The SMILES string of the molecule is O=C(CN1CCOC1=O)N1C[C@@H](Cc2ccnc3ccccc23)[C@H](O)C1. The normalized spacial score (nSPS) is 22.9. The first kappa shape index (κ1) is 16.8. The van der Waals surface area contributed by atoms with Gasteiger partial charge in [0.25, 0.3) is 0 Å². The summed E-state index contributed by atoms with van der Waals surface area (Å²) < 4.78 is 4.85. The topological polar surface area (TPSA) is 83.0 Å². The first-order valence-electron chi connectivity index (χ1n) is 8.82. The fourth-order valence-corrected chi connectivity index (χ4v) is 3.71. The molecule has 3 heterocycles. The van der Waals surface area contributed by atoms with Crippen molar-refractivity contribution < 1.29 is 19.4 Å². The van der Waals surface area contributed by atoms with E-state index in [2.05, 4.69) is 4.98 Å². The molecule has 1 aromatic heterocycles. The van der Waals surface area contributed by atoms with Gasteiger partial charge in [-0.15, -0.1) is 0 Å². The van der Waals surface area contributed by atoms with E-state index < -0.39 is 12.2 Å². The van der Waals surface area contributed by atoms with Gasteiger partial charge in [0.05, 0.1) is 18.2 Å². The second kappa shape index (κ2) is 6.92. The second-order valence-electron chi connectivity index (χ2n) is 6.85. The minimum atomic E-state index is -0.573. The number of nitrogens with zero attached hydrogens (tertiary/aromatic N) is 3. The maximum absolute atomic E-state index is 12.5. The van der Waals surface area contributed by atoms with Crippen molar-refractivity contribution in [1.29, 1.82) is 0 Å². The number of hydrogen-bond donors (Lipinski definition) is 1. The molecule has 2 amide bonds. The molecule has 26 heavy (non-hydrogen) atoms. The molecule has 0 saturated carbocycles. The summed E-state index contributed by atoms with van der Waals surface area (Å²) in [5, 5.41) is 11.5. The molecule has 2 atom stereocenters. The largest absolute Gasteiger partial charge is 0.448 e. The average molecular weight is 355 g/mol. The Labute approximate surface area is 151 Å². The lowest BCUT2D eigenvalue weighted by Gasteiger charge is -2.19.